The molecule has 1 unspecified atom stereocenters. The second kappa shape index (κ2) is 7.15. The Bertz CT molecular complexity index is 388. The molecule has 0 aliphatic rings. The molecule has 0 saturated carbocycles. The van der Waals surface area contributed by atoms with Crippen molar-refractivity contribution in [2.24, 2.45) is 0 Å². The number of hydrogen-bond acceptors (Lipinski definition) is 5. The predicted molar refractivity (Wildman–Crippen MR) is 64.8 cm³/mol. The average molecular weight is 257 g/mol. The van der Waals surface area contributed by atoms with E-state index in [9.17, 15) is 4.79 Å². The molecule has 0 bridgehead atoms. The van der Waals surface area contributed by atoms with E-state index in [1.807, 2.05) is 0 Å². The molecule has 1 rings (SSSR count). The molecular formula is C12H19NO5. The van der Waals surface area contributed by atoms with Crippen LogP contribution in [0.25, 0.3) is 0 Å². The summed E-state index contributed by atoms with van der Waals surface area (Å²) in [6.45, 7) is 3.41. The van der Waals surface area contributed by atoms with Crippen molar-refractivity contribution in [1.82, 2.24) is 5.32 Å². The Labute approximate surface area is 106 Å². The molecule has 1 heterocycles. The van der Waals surface area contributed by atoms with E-state index in [0.717, 1.165) is 5.56 Å². The molecule has 0 saturated heterocycles. The van der Waals surface area contributed by atoms with E-state index in [0.29, 0.717) is 25.5 Å². The summed E-state index contributed by atoms with van der Waals surface area (Å²) in [5.74, 6) is -0.483. The summed E-state index contributed by atoms with van der Waals surface area (Å²) in [4.78, 5) is 10.7. The average Bonchev–Trinajstić information content (AvgIpc) is 2.70. The molecular weight excluding hydrogens is 238 g/mol. The van der Waals surface area contributed by atoms with E-state index in [4.69, 9.17) is 19.0 Å². The van der Waals surface area contributed by atoms with Crippen LogP contribution in [-0.2, 0) is 16.0 Å². The zero-order chi connectivity index (χ0) is 13.5. The molecule has 102 valence electrons. The number of carbonyl (C=O) groups is 1. The minimum atomic E-state index is -1.06. The fraction of sp³-hybridized carbons (Fsp3) is 0.583. The first kappa shape index (κ1) is 14.7. The highest BCUT2D eigenvalue weighted by atomic mass is 16.5. The Kier molecular flexibility index (Phi) is 5.84. The summed E-state index contributed by atoms with van der Waals surface area (Å²) in [6, 6.07) is 1.53. The van der Waals surface area contributed by atoms with Gasteiger partial charge in [0.1, 0.15) is 5.76 Å². The van der Waals surface area contributed by atoms with Gasteiger partial charge in [-0.1, -0.05) is 0 Å². The van der Waals surface area contributed by atoms with Crippen LogP contribution in [0.4, 0.5) is 0 Å². The molecule has 0 amide bonds. The Morgan fingerprint density at radius 2 is 2.28 bits per heavy atom. The highest BCUT2D eigenvalue weighted by Crippen LogP contribution is 2.14. The van der Waals surface area contributed by atoms with Crippen LogP contribution in [0.1, 0.15) is 21.9 Å². The van der Waals surface area contributed by atoms with Crippen molar-refractivity contribution in [3.05, 3.63) is 23.2 Å². The number of methoxy groups -OCH3 is 2. The molecule has 0 aliphatic heterocycles. The molecule has 1 aromatic rings. The maximum atomic E-state index is 10.7. The molecule has 0 fully saturated rings. The van der Waals surface area contributed by atoms with Gasteiger partial charge in [-0.25, -0.2) is 4.79 Å². The standard InChI is InChI=1S/C12H19NO5/c1-8-9(4-11(18-8)12(14)15)5-13-6-10(17-3)7-16-2/h4,10,13H,5-7H2,1-3H3,(H,14,15). The molecule has 0 radical (unpaired) electrons. The topological polar surface area (TPSA) is 80.9 Å². The first-order valence-corrected chi connectivity index (χ1v) is 5.63. The Balaban J connectivity index is 2.45. The second-order valence-electron chi connectivity index (χ2n) is 3.94. The summed E-state index contributed by atoms with van der Waals surface area (Å²) < 4.78 is 15.3. The lowest BCUT2D eigenvalue weighted by atomic mass is 10.2. The summed E-state index contributed by atoms with van der Waals surface area (Å²) in [5.41, 5.74) is 0.833. The van der Waals surface area contributed by atoms with Gasteiger partial charge >= 0.3 is 5.97 Å². The molecule has 6 nitrogen and oxygen atoms in total. The maximum Gasteiger partial charge on any atom is 0.371 e. The lowest BCUT2D eigenvalue weighted by Gasteiger charge is -2.14. The van der Waals surface area contributed by atoms with Crippen LogP contribution in [0.5, 0.6) is 0 Å². The molecule has 6 heteroatoms. The first-order valence-electron chi connectivity index (χ1n) is 5.63. The number of aromatic carboxylic acids is 1. The Morgan fingerprint density at radius 1 is 1.56 bits per heavy atom. The number of rotatable bonds is 8. The van der Waals surface area contributed by atoms with E-state index in [1.165, 1.54) is 6.07 Å². The molecule has 0 aromatic carbocycles. The van der Waals surface area contributed by atoms with Crippen LogP contribution in [0.2, 0.25) is 0 Å². The van der Waals surface area contributed by atoms with Gasteiger partial charge in [0.05, 0.1) is 12.7 Å². The summed E-state index contributed by atoms with van der Waals surface area (Å²) in [5, 5.41) is 12.0. The fourth-order valence-electron chi connectivity index (χ4n) is 1.56. The van der Waals surface area contributed by atoms with Crippen LogP contribution in [0.15, 0.2) is 10.5 Å². The van der Waals surface area contributed by atoms with Crippen molar-refractivity contribution in [1.29, 1.82) is 0 Å². The van der Waals surface area contributed by atoms with Gasteiger partial charge in [0.15, 0.2) is 0 Å². The number of aryl methyl sites for hydroxylation is 1. The van der Waals surface area contributed by atoms with Gasteiger partial charge in [0.25, 0.3) is 0 Å². The first-order chi connectivity index (χ1) is 8.58. The van der Waals surface area contributed by atoms with Crippen LogP contribution in [0.3, 0.4) is 0 Å². The van der Waals surface area contributed by atoms with Gasteiger partial charge in [0.2, 0.25) is 5.76 Å². The van der Waals surface area contributed by atoms with Gasteiger partial charge in [-0.05, 0) is 13.0 Å². The third-order valence-corrected chi connectivity index (χ3v) is 2.60. The minimum Gasteiger partial charge on any atom is -0.475 e. The van der Waals surface area contributed by atoms with Gasteiger partial charge in [-0.15, -0.1) is 0 Å². The predicted octanol–water partition coefficient (Wildman–Crippen LogP) is 1.04. The van der Waals surface area contributed by atoms with E-state index >= 15 is 0 Å². The third-order valence-electron chi connectivity index (χ3n) is 2.60. The van der Waals surface area contributed by atoms with E-state index < -0.39 is 5.97 Å². The number of nitrogens with one attached hydrogen (secondary N) is 1. The number of hydrogen-bond donors (Lipinski definition) is 2. The highest BCUT2D eigenvalue weighted by molar-refractivity contribution is 5.84. The number of carboxylic acid groups (broad SMARTS) is 1. The quantitative estimate of drug-likeness (QED) is 0.724. The van der Waals surface area contributed by atoms with Crippen molar-refractivity contribution < 1.29 is 23.8 Å². The summed E-state index contributed by atoms with van der Waals surface area (Å²) in [6.07, 6.45) is -0.0267. The molecule has 2 N–H and O–H groups in total. The van der Waals surface area contributed by atoms with Gasteiger partial charge < -0.3 is 24.3 Å². The number of ether oxygens (including phenoxy) is 2. The monoisotopic (exact) mass is 257 g/mol. The molecule has 18 heavy (non-hydrogen) atoms. The molecule has 1 aromatic heterocycles. The third kappa shape index (κ3) is 4.14. The second-order valence-corrected chi connectivity index (χ2v) is 3.94. The van der Waals surface area contributed by atoms with Gasteiger partial charge in [-0.3, -0.25) is 0 Å². The zero-order valence-electron chi connectivity index (χ0n) is 10.9. The lowest BCUT2D eigenvalue weighted by molar-refractivity contribution is 0.0287. The van der Waals surface area contributed by atoms with Crippen molar-refractivity contribution >= 4 is 5.97 Å². The summed E-state index contributed by atoms with van der Waals surface area (Å²) >= 11 is 0. The van der Waals surface area contributed by atoms with E-state index in [-0.39, 0.29) is 11.9 Å². The molecule has 0 spiro atoms. The van der Waals surface area contributed by atoms with Crippen LogP contribution in [-0.4, -0.2) is 44.6 Å². The van der Waals surface area contributed by atoms with Crippen molar-refractivity contribution in [2.45, 2.75) is 19.6 Å². The van der Waals surface area contributed by atoms with E-state index in [1.54, 1.807) is 21.1 Å². The normalized spacial score (nSPS) is 12.6. The largest absolute Gasteiger partial charge is 0.475 e. The fourth-order valence-corrected chi connectivity index (χ4v) is 1.56. The van der Waals surface area contributed by atoms with E-state index in [2.05, 4.69) is 5.32 Å². The minimum absolute atomic E-state index is 0.0267. The number of furan rings is 1. The highest BCUT2D eigenvalue weighted by Gasteiger charge is 2.13. The van der Waals surface area contributed by atoms with Crippen molar-refractivity contribution in [3.8, 4) is 0 Å². The maximum absolute atomic E-state index is 10.7. The lowest BCUT2D eigenvalue weighted by Crippen LogP contribution is -2.31. The van der Waals surface area contributed by atoms with Crippen molar-refractivity contribution in [3.63, 3.8) is 0 Å². The van der Waals surface area contributed by atoms with Crippen molar-refractivity contribution in [2.75, 3.05) is 27.4 Å². The van der Waals surface area contributed by atoms with Gasteiger partial charge in [0, 0.05) is 32.9 Å². The number of carboxylic acids is 1. The van der Waals surface area contributed by atoms with Crippen LogP contribution < -0.4 is 5.32 Å². The molecule has 1 atom stereocenters. The summed E-state index contributed by atoms with van der Waals surface area (Å²) in [7, 11) is 3.24. The van der Waals surface area contributed by atoms with Crippen LogP contribution in [0, 0.1) is 6.92 Å². The smallest absolute Gasteiger partial charge is 0.371 e. The Hall–Kier alpha value is -1.37. The zero-order valence-corrected chi connectivity index (χ0v) is 10.9. The Morgan fingerprint density at radius 3 is 2.78 bits per heavy atom. The van der Waals surface area contributed by atoms with Crippen LogP contribution >= 0.6 is 0 Å². The SMILES string of the molecule is COCC(CNCc1cc(C(=O)O)oc1C)OC. The van der Waals surface area contributed by atoms with Gasteiger partial charge in [-0.2, -0.15) is 0 Å². The molecule has 0 aliphatic carbocycles.